The second-order valence-corrected chi connectivity index (χ2v) is 6.61. The van der Waals surface area contributed by atoms with Crippen LogP contribution in [-0.4, -0.2) is 25.5 Å². The number of carboxylic acids is 1. The van der Waals surface area contributed by atoms with Crippen molar-refractivity contribution in [3.8, 4) is 0 Å². The molecule has 0 saturated carbocycles. The lowest BCUT2D eigenvalue weighted by Crippen LogP contribution is -2.32. The van der Waals surface area contributed by atoms with E-state index >= 15 is 0 Å². The van der Waals surface area contributed by atoms with E-state index in [0.717, 1.165) is 12.1 Å². The van der Waals surface area contributed by atoms with Gasteiger partial charge in [-0.3, -0.25) is 0 Å². The summed E-state index contributed by atoms with van der Waals surface area (Å²) in [6.07, 6.45) is 1.98. The number of rotatable bonds is 6. The van der Waals surface area contributed by atoms with Crippen molar-refractivity contribution in [1.29, 1.82) is 0 Å². The van der Waals surface area contributed by atoms with Crippen LogP contribution in [0.1, 0.15) is 23.7 Å². The third-order valence-corrected chi connectivity index (χ3v) is 4.75. The number of carbonyl (C=O) groups is 1. The van der Waals surface area contributed by atoms with Crippen molar-refractivity contribution >= 4 is 39.2 Å². The van der Waals surface area contributed by atoms with E-state index in [-0.39, 0.29) is 20.5 Å². The zero-order valence-electron chi connectivity index (χ0n) is 10.6. The first-order valence-electron chi connectivity index (χ1n) is 5.54. The van der Waals surface area contributed by atoms with Gasteiger partial charge >= 0.3 is 5.97 Å². The highest BCUT2D eigenvalue weighted by Crippen LogP contribution is 2.29. The van der Waals surface area contributed by atoms with Gasteiger partial charge in [-0.1, -0.05) is 29.3 Å². The average molecular weight is 338 g/mol. The molecule has 0 fully saturated rings. The molecule has 0 heterocycles. The summed E-state index contributed by atoms with van der Waals surface area (Å²) in [5.41, 5.74) is -0.365. The second-order valence-electron chi connectivity index (χ2n) is 4.12. The van der Waals surface area contributed by atoms with Crippen molar-refractivity contribution < 1.29 is 18.3 Å². The Morgan fingerprint density at radius 3 is 2.60 bits per heavy atom. The Kier molecular flexibility index (Phi) is 5.59. The van der Waals surface area contributed by atoms with Gasteiger partial charge in [0.25, 0.3) is 0 Å². The van der Waals surface area contributed by atoms with Gasteiger partial charge in [-0.2, -0.15) is 0 Å². The molecule has 0 aliphatic carbocycles. The number of hydrogen-bond donors (Lipinski definition) is 2. The molecule has 0 aliphatic heterocycles. The maximum atomic E-state index is 12.2. The van der Waals surface area contributed by atoms with E-state index in [4.69, 9.17) is 28.3 Å². The number of nitrogens with one attached hydrogen (secondary N) is 1. The van der Waals surface area contributed by atoms with Crippen LogP contribution in [0.4, 0.5) is 0 Å². The Bertz CT molecular complexity index is 643. The molecule has 1 rings (SSSR count). The first kappa shape index (κ1) is 17.0. The topological polar surface area (TPSA) is 83.5 Å². The fraction of sp³-hybridized carbons (Fsp3) is 0.250. The number of carboxylic acid groups (broad SMARTS) is 1. The molecular formula is C12H13Cl2NO4S. The summed E-state index contributed by atoms with van der Waals surface area (Å²) >= 11 is 11.6. The van der Waals surface area contributed by atoms with E-state index in [1.54, 1.807) is 13.0 Å². The van der Waals surface area contributed by atoms with E-state index in [1.165, 1.54) is 0 Å². The van der Waals surface area contributed by atoms with E-state index < -0.39 is 22.0 Å². The van der Waals surface area contributed by atoms with E-state index in [0.29, 0.717) is 6.42 Å². The maximum absolute atomic E-state index is 12.2. The zero-order valence-corrected chi connectivity index (χ0v) is 12.9. The zero-order chi connectivity index (χ0) is 15.5. The molecule has 0 aromatic heterocycles. The van der Waals surface area contributed by atoms with Gasteiger partial charge in [-0.15, -0.1) is 6.58 Å². The van der Waals surface area contributed by atoms with Gasteiger partial charge in [0, 0.05) is 11.1 Å². The van der Waals surface area contributed by atoms with Gasteiger partial charge in [0.05, 0.1) is 10.6 Å². The summed E-state index contributed by atoms with van der Waals surface area (Å²) in [6.45, 7) is 5.16. The van der Waals surface area contributed by atoms with Crippen LogP contribution in [0.5, 0.6) is 0 Å². The molecule has 110 valence electrons. The Labute approximate surface area is 127 Å². The van der Waals surface area contributed by atoms with Crippen molar-refractivity contribution in [2.75, 3.05) is 0 Å². The van der Waals surface area contributed by atoms with Crippen LogP contribution in [-0.2, 0) is 10.0 Å². The molecule has 0 saturated heterocycles. The molecule has 0 bridgehead atoms. The molecule has 2 N–H and O–H groups in total. The van der Waals surface area contributed by atoms with Crippen LogP contribution in [0.3, 0.4) is 0 Å². The Morgan fingerprint density at radius 1 is 1.50 bits per heavy atom. The van der Waals surface area contributed by atoms with E-state index in [9.17, 15) is 13.2 Å². The molecule has 5 nitrogen and oxygen atoms in total. The lowest BCUT2D eigenvalue weighted by atomic mass is 10.2. The number of halogens is 2. The molecular weight excluding hydrogens is 325 g/mol. The monoisotopic (exact) mass is 337 g/mol. The quantitative estimate of drug-likeness (QED) is 0.781. The smallest absolute Gasteiger partial charge is 0.337 e. The van der Waals surface area contributed by atoms with E-state index in [1.807, 2.05) is 0 Å². The van der Waals surface area contributed by atoms with Gasteiger partial charge in [0.1, 0.15) is 4.90 Å². The number of aromatic carboxylic acids is 1. The highest BCUT2D eigenvalue weighted by Gasteiger charge is 2.24. The third kappa shape index (κ3) is 3.96. The van der Waals surface area contributed by atoms with Gasteiger partial charge in [-0.05, 0) is 25.5 Å². The molecule has 1 atom stereocenters. The Hall–Kier alpha value is -1.08. The lowest BCUT2D eigenvalue weighted by molar-refractivity contribution is 0.0697. The second kappa shape index (κ2) is 6.58. The molecule has 8 heteroatoms. The van der Waals surface area contributed by atoms with Crippen molar-refractivity contribution in [2.24, 2.45) is 0 Å². The molecule has 0 spiro atoms. The van der Waals surface area contributed by atoms with Crippen molar-refractivity contribution in [2.45, 2.75) is 24.3 Å². The van der Waals surface area contributed by atoms with Gasteiger partial charge in [0.15, 0.2) is 0 Å². The molecule has 0 radical (unpaired) electrons. The summed E-state index contributed by atoms with van der Waals surface area (Å²) in [6, 6.07) is 1.80. The predicted octanol–water partition coefficient (Wildman–Crippen LogP) is 2.93. The average Bonchev–Trinajstić information content (AvgIpc) is 2.30. The molecule has 20 heavy (non-hydrogen) atoms. The lowest BCUT2D eigenvalue weighted by Gasteiger charge is -2.14. The maximum Gasteiger partial charge on any atom is 0.337 e. The molecule has 1 unspecified atom stereocenters. The van der Waals surface area contributed by atoms with Crippen molar-refractivity contribution in [1.82, 2.24) is 4.72 Å². The summed E-state index contributed by atoms with van der Waals surface area (Å²) in [7, 11) is -3.97. The number of benzene rings is 1. The standard InChI is InChI=1S/C12H13Cl2NO4S/c1-3-4-7(2)15-20(18,19)10-6-8(13)5-9(11(10)14)12(16)17/h3,5-7,15H,1,4H2,2H3,(H,16,17). The molecule has 1 aromatic carbocycles. The highest BCUT2D eigenvalue weighted by atomic mass is 35.5. The minimum atomic E-state index is -3.97. The fourth-order valence-corrected chi connectivity index (χ4v) is 3.70. The third-order valence-electron chi connectivity index (χ3n) is 2.40. The van der Waals surface area contributed by atoms with Crippen LogP contribution < -0.4 is 4.72 Å². The first-order chi connectivity index (χ1) is 9.19. The Balaban J connectivity index is 3.31. The van der Waals surface area contributed by atoms with Crippen LogP contribution in [0.2, 0.25) is 10.0 Å². The normalized spacial score (nSPS) is 12.9. The van der Waals surface area contributed by atoms with Gasteiger partial charge in [0.2, 0.25) is 10.0 Å². The highest BCUT2D eigenvalue weighted by molar-refractivity contribution is 7.89. The molecule has 0 amide bonds. The molecule has 0 aliphatic rings. The van der Waals surface area contributed by atoms with Crippen LogP contribution in [0, 0.1) is 0 Å². The predicted molar refractivity (Wildman–Crippen MR) is 78.0 cm³/mol. The molecule has 1 aromatic rings. The van der Waals surface area contributed by atoms with Crippen molar-refractivity contribution in [3.63, 3.8) is 0 Å². The van der Waals surface area contributed by atoms with Crippen LogP contribution in [0.15, 0.2) is 29.7 Å². The minimum Gasteiger partial charge on any atom is -0.478 e. The van der Waals surface area contributed by atoms with Crippen LogP contribution >= 0.6 is 23.2 Å². The Morgan fingerprint density at radius 2 is 2.10 bits per heavy atom. The summed E-state index contributed by atoms with van der Waals surface area (Å²) in [5.74, 6) is -1.35. The largest absolute Gasteiger partial charge is 0.478 e. The first-order valence-corrected chi connectivity index (χ1v) is 7.78. The van der Waals surface area contributed by atoms with Gasteiger partial charge in [-0.25, -0.2) is 17.9 Å². The van der Waals surface area contributed by atoms with Crippen LogP contribution in [0.25, 0.3) is 0 Å². The minimum absolute atomic E-state index is 0.0245. The SMILES string of the molecule is C=CCC(C)NS(=O)(=O)c1cc(Cl)cc(C(=O)O)c1Cl. The van der Waals surface area contributed by atoms with Crippen molar-refractivity contribution in [3.05, 3.63) is 40.4 Å². The number of hydrogen-bond acceptors (Lipinski definition) is 3. The summed E-state index contributed by atoms with van der Waals surface area (Å²) < 4.78 is 26.7. The number of sulfonamides is 1. The van der Waals surface area contributed by atoms with E-state index in [2.05, 4.69) is 11.3 Å². The van der Waals surface area contributed by atoms with Gasteiger partial charge < -0.3 is 5.11 Å². The summed E-state index contributed by atoms with van der Waals surface area (Å²) in [4.78, 5) is 10.6. The fourth-order valence-electron chi connectivity index (χ4n) is 1.54. The summed E-state index contributed by atoms with van der Waals surface area (Å²) in [5, 5.41) is 8.58.